The smallest absolute Gasteiger partial charge is 0.152 e. The summed E-state index contributed by atoms with van der Waals surface area (Å²) in [6.45, 7) is 1.84. The molecule has 1 aliphatic rings. The van der Waals surface area contributed by atoms with Gasteiger partial charge in [0.25, 0.3) is 0 Å². The number of anilines is 2. The zero-order valence-corrected chi connectivity index (χ0v) is 19.2. The summed E-state index contributed by atoms with van der Waals surface area (Å²) in [6.07, 6.45) is 5.42. The lowest BCUT2D eigenvalue weighted by molar-refractivity contribution is 0.0261. The molecule has 1 aromatic carbocycles. The maximum atomic E-state index is 6.39. The molecule has 0 amide bonds. The fourth-order valence-corrected chi connectivity index (χ4v) is 3.63. The number of alkyl halides is 1. The van der Waals surface area contributed by atoms with E-state index in [-0.39, 0.29) is 6.10 Å². The van der Waals surface area contributed by atoms with Crippen molar-refractivity contribution >= 4 is 45.6 Å². The molecular weight excluding hydrogens is 455 g/mol. The van der Waals surface area contributed by atoms with Crippen LogP contribution in [0.5, 0.6) is 17.2 Å². The minimum Gasteiger partial charge on any atom is -0.495 e. The third-order valence-corrected chi connectivity index (χ3v) is 5.56. The number of methoxy groups -OCH3 is 1. The Morgan fingerprint density at radius 3 is 2.75 bits per heavy atom. The average Bonchev–Trinajstić information content (AvgIpc) is 2.81. The Bertz CT molecular complexity index is 1060. The highest BCUT2D eigenvalue weighted by Crippen LogP contribution is 2.38. The van der Waals surface area contributed by atoms with Crippen molar-refractivity contribution in [2.24, 2.45) is 0 Å². The van der Waals surface area contributed by atoms with Gasteiger partial charge in [0.1, 0.15) is 35.5 Å². The Kier molecular flexibility index (Phi) is 7.68. The van der Waals surface area contributed by atoms with E-state index in [4.69, 9.17) is 42.1 Å². The van der Waals surface area contributed by atoms with Crippen LogP contribution in [0, 0.1) is 0 Å². The first-order valence-corrected chi connectivity index (χ1v) is 11.3. The molecule has 1 fully saturated rings. The molecule has 0 bridgehead atoms. The normalized spacial score (nSPS) is 14.3. The fourth-order valence-electron chi connectivity index (χ4n) is 3.37. The number of halogens is 2. The van der Waals surface area contributed by atoms with E-state index in [2.05, 4.69) is 20.3 Å². The van der Waals surface area contributed by atoms with E-state index in [9.17, 15) is 0 Å². The monoisotopic (exact) mass is 478 g/mol. The molecule has 1 aliphatic heterocycles. The molecule has 10 heteroatoms. The van der Waals surface area contributed by atoms with Crippen molar-refractivity contribution in [3.63, 3.8) is 0 Å². The van der Waals surface area contributed by atoms with Crippen molar-refractivity contribution in [3.8, 4) is 17.2 Å². The lowest BCUT2D eigenvalue weighted by Crippen LogP contribution is -2.26. The van der Waals surface area contributed by atoms with Gasteiger partial charge in [-0.15, -0.1) is 11.6 Å². The number of fused-ring (bicyclic) bond motifs is 1. The van der Waals surface area contributed by atoms with E-state index < -0.39 is 0 Å². The summed E-state index contributed by atoms with van der Waals surface area (Å²) in [4.78, 5) is 13.0. The molecule has 2 aromatic heterocycles. The lowest BCUT2D eigenvalue weighted by atomic mass is 10.1. The number of nitrogens with zero attached hydrogens (tertiary/aromatic N) is 3. The van der Waals surface area contributed by atoms with Gasteiger partial charge in [0.05, 0.1) is 49.7 Å². The second kappa shape index (κ2) is 10.8. The number of nitrogens with one attached hydrogen (secondary N) is 1. The Morgan fingerprint density at radius 2 is 1.97 bits per heavy atom. The summed E-state index contributed by atoms with van der Waals surface area (Å²) in [7, 11) is 1.57. The largest absolute Gasteiger partial charge is 0.495 e. The summed E-state index contributed by atoms with van der Waals surface area (Å²) in [5.41, 5.74) is 1.24. The first kappa shape index (κ1) is 22.6. The molecule has 4 rings (SSSR count). The van der Waals surface area contributed by atoms with Crippen LogP contribution in [-0.2, 0) is 4.74 Å². The van der Waals surface area contributed by atoms with E-state index in [1.807, 2.05) is 12.1 Å². The SMILES string of the molecule is COc1cnc(Cl)c(Nc2ncnc3cc(OCCCCl)cc(OC4CCOCC4)c23)c1. The van der Waals surface area contributed by atoms with Crippen LogP contribution in [0.3, 0.4) is 0 Å². The second-order valence-electron chi connectivity index (χ2n) is 7.20. The van der Waals surface area contributed by atoms with Crippen LogP contribution in [-0.4, -0.2) is 53.9 Å². The van der Waals surface area contributed by atoms with E-state index in [0.717, 1.165) is 24.6 Å². The number of pyridine rings is 1. The molecule has 0 radical (unpaired) electrons. The Hall–Kier alpha value is -2.55. The summed E-state index contributed by atoms with van der Waals surface area (Å²) < 4.78 is 23.0. The second-order valence-corrected chi connectivity index (χ2v) is 7.93. The summed E-state index contributed by atoms with van der Waals surface area (Å²) >= 11 is 12.1. The fraction of sp³-hybridized carbons (Fsp3) is 0.409. The number of rotatable bonds is 9. The molecule has 0 unspecified atom stereocenters. The Morgan fingerprint density at radius 1 is 1.12 bits per heavy atom. The third kappa shape index (κ3) is 5.43. The molecule has 8 nitrogen and oxygen atoms in total. The van der Waals surface area contributed by atoms with Gasteiger partial charge < -0.3 is 24.3 Å². The van der Waals surface area contributed by atoms with Gasteiger partial charge in [0.2, 0.25) is 0 Å². The summed E-state index contributed by atoms with van der Waals surface area (Å²) in [6, 6.07) is 5.48. The first-order chi connectivity index (χ1) is 15.7. The molecule has 1 N–H and O–H groups in total. The highest BCUT2D eigenvalue weighted by atomic mass is 35.5. The van der Waals surface area contributed by atoms with Gasteiger partial charge in [-0.05, 0) is 6.42 Å². The molecule has 32 heavy (non-hydrogen) atoms. The third-order valence-electron chi connectivity index (χ3n) is 4.99. The van der Waals surface area contributed by atoms with Gasteiger partial charge in [0, 0.05) is 36.9 Å². The van der Waals surface area contributed by atoms with E-state index in [0.29, 0.717) is 65.1 Å². The predicted octanol–water partition coefficient (Wildman–Crippen LogP) is 5.00. The number of hydrogen-bond acceptors (Lipinski definition) is 8. The van der Waals surface area contributed by atoms with Crippen molar-refractivity contribution in [2.75, 3.05) is 38.1 Å². The number of hydrogen-bond donors (Lipinski definition) is 1. The first-order valence-electron chi connectivity index (χ1n) is 10.4. The topological polar surface area (TPSA) is 87.6 Å². The summed E-state index contributed by atoms with van der Waals surface area (Å²) in [5, 5.41) is 4.27. The minimum absolute atomic E-state index is 0.0279. The van der Waals surface area contributed by atoms with Crippen molar-refractivity contribution < 1.29 is 18.9 Å². The zero-order valence-electron chi connectivity index (χ0n) is 17.6. The molecule has 3 heterocycles. The van der Waals surface area contributed by atoms with Crippen LogP contribution in [0.1, 0.15) is 19.3 Å². The number of ether oxygens (including phenoxy) is 4. The van der Waals surface area contributed by atoms with Crippen LogP contribution >= 0.6 is 23.2 Å². The zero-order chi connectivity index (χ0) is 22.3. The average molecular weight is 479 g/mol. The molecule has 0 atom stereocenters. The minimum atomic E-state index is 0.0279. The molecule has 0 saturated carbocycles. The maximum Gasteiger partial charge on any atom is 0.152 e. The highest BCUT2D eigenvalue weighted by molar-refractivity contribution is 6.32. The molecule has 3 aromatic rings. The van der Waals surface area contributed by atoms with Crippen LogP contribution < -0.4 is 19.5 Å². The van der Waals surface area contributed by atoms with Crippen LogP contribution in [0.4, 0.5) is 11.5 Å². The lowest BCUT2D eigenvalue weighted by Gasteiger charge is -2.24. The summed E-state index contributed by atoms with van der Waals surface area (Å²) in [5.74, 6) is 2.94. The van der Waals surface area contributed by atoms with Gasteiger partial charge in [-0.1, -0.05) is 11.6 Å². The highest BCUT2D eigenvalue weighted by Gasteiger charge is 2.20. The van der Waals surface area contributed by atoms with Gasteiger partial charge in [0.15, 0.2) is 5.15 Å². The van der Waals surface area contributed by atoms with Gasteiger partial charge in [-0.25, -0.2) is 15.0 Å². The standard InChI is InChI=1S/C22H24Cl2N4O4/c1-29-16-10-18(21(24)25-12-16)28-22-20-17(26-13-27-22)9-15(31-6-2-5-23)11-19(20)32-14-3-7-30-8-4-14/h9-14H,2-8H2,1H3,(H,26,27,28). The molecule has 0 spiro atoms. The van der Waals surface area contributed by atoms with Gasteiger partial charge in [-0.3, -0.25) is 0 Å². The molecular formula is C22H24Cl2N4O4. The molecule has 1 saturated heterocycles. The van der Waals surface area contributed by atoms with Crippen LogP contribution in [0.15, 0.2) is 30.7 Å². The predicted molar refractivity (Wildman–Crippen MR) is 124 cm³/mol. The van der Waals surface area contributed by atoms with E-state index in [1.54, 1.807) is 19.4 Å². The maximum absolute atomic E-state index is 6.39. The quantitative estimate of drug-likeness (QED) is 0.261. The Balaban J connectivity index is 1.74. The number of aromatic nitrogens is 3. The van der Waals surface area contributed by atoms with Crippen molar-refractivity contribution in [1.82, 2.24) is 15.0 Å². The Labute approximate surface area is 196 Å². The molecule has 0 aliphatic carbocycles. The van der Waals surface area contributed by atoms with E-state index in [1.165, 1.54) is 6.33 Å². The van der Waals surface area contributed by atoms with Gasteiger partial charge in [-0.2, -0.15) is 0 Å². The van der Waals surface area contributed by atoms with Crippen molar-refractivity contribution in [1.29, 1.82) is 0 Å². The number of benzene rings is 1. The van der Waals surface area contributed by atoms with Gasteiger partial charge >= 0.3 is 0 Å². The molecule has 170 valence electrons. The van der Waals surface area contributed by atoms with E-state index >= 15 is 0 Å². The van der Waals surface area contributed by atoms with Crippen molar-refractivity contribution in [3.05, 3.63) is 35.9 Å². The van der Waals surface area contributed by atoms with Crippen molar-refractivity contribution in [2.45, 2.75) is 25.4 Å². The van der Waals surface area contributed by atoms with Crippen LogP contribution in [0.2, 0.25) is 5.15 Å². The van der Waals surface area contributed by atoms with Crippen LogP contribution in [0.25, 0.3) is 10.9 Å².